The van der Waals surface area contributed by atoms with E-state index in [-0.39, 0.29) is 0 Å². The molecule has 1 atom stereocenters. The van der Waals surface area contributed by atoms with Crippen LogP contribution in [0.25, 0.3) is 0 Å². The molecule has 1 unspecified atom stereocenters. The minimum absolute atomic E-state index is 0.394. The number of benzene rings is 1. The van der Waals surface area contributed by atoms with Crippen molar-refractivity contribution in [2.75, 3.05) is 5.32 Å². The molecule has 0 aliphatic carbocycles. The van der Waals surface area contributed by atoms with E-state index in [1.165, 1.54) is 12.8 Å². The highest BCUT2D eigenvalue weighted by molar-refractivity contribution is 9.10. The molecule has 0 saturated carbocycles. The van der Waals surface area contributed by atoms with Gasteiger partial charge < -0.3 is 5.32 Å². The standard InChI is InChI=1S/C15H21BrN2/c1-11(2)6-4-7-12(3)18-15-9-5-8-14(16)13(15)10-17/h5,8-9,11-12,18H,4,6-7H2,1-3H3. The molecular formula is C15H21BrN2. The van der Waals surface area contributed by atoms with E-state index in [0.717, 1.165) is 22.5 Å². The molecule has 0 aromatic heterocycles. The van der Waals surface area contributed by atoms with Crippen LogP contribution in [0.1, 0.15) is 45.6 Å². The smallest absolute Gasteiger partial charge is 0.103 e. The Kier molecular flexibility index (Phi) is 6.21. The molecule has 0 heterocycles. The zero-order valence-corrected chi connectivity index (χ0v) is 12.9. The van der Waals surface area contributed by atoms with Gasteiger partial charge in [0.05, 0.1) is 11.3 Å². The van der Waals surface area contributed by atoms with Crippen molar-refractivity contribution in [1.82, 2.24) is 0 Å². The van der Waals surface area contributed by atoms with Crippen molar-refractivity contribution in [2.24, 2.45) is 5.92 Å². The number of hydrogen-bond donors (Lipinski definition) is 1. The van der Waals surface area contributed by atoms with Crippen molar-refractivity contribution in [3.8, 4) is 6.07 Å². The molecule has 1 rings (SSSR count). The molecule has 0 aliphatic heterocycles. The number of anilines is 1. The van der Waals surface area contributed by atoms with Crippen molar-refractivity contribution in [3.05, 3.63) is 28.2 Å². The SMILES string of the molecule is CC(C)CCCC(C)Nc1cccc(Br)c1C#N. The molecule has 0 fully saturated rings. The summed E-state index contributed by atoms with van der Waals surface area (Å²) in [5.74, 6) is 0.762. The summed E-state index contributed by atoms with van der Waals surface area (Å²) in [6.07, 6.45) is 3.62. The Morgan fingerprint density at radius 1 is 1.28 bits per heavy atom. The lowest BCUT2D eigenvalue weighted by molar-refractivity contribution is 0.520. The fraction of sp³-hybridized carbons (Fsp3) is 0.533. The maximum atomic E-state index is 9.14. The van der Waals surface area contributed by atoms with E-state index < -0.39 is 0 Å². The summed E-state index contributed by atoms with van der Waals surface area (Å²) in [7, 11) is 0. The molecular weight excluding hydrogens is 288 g/mol. The average Bonchev–Trinajstić information content (AvgIpc) is 2.28. The van der Waals surface area contributed by atoms with Gasteiger partial charge in [0, 0.05) is 10.5 Å². The van der Waals surface area contributed by atoms with Gasteiger partial charge in [-0.15, -0.1) is 0 Å². The molecule has 0 spiro atoms. The number of nitrogens with one attached hydrogen (secondary N) is 1. The lowest BCUT2D eigenvalue weighted by Gasteiger charge is -2.17. The number of halogens is 1. The monoisotopic (exact) mass is 308 g/mol. The first-order chi connectivity index (χ1) is 8.54. The normalized spacial score (nSPS) is 12.2. The van der Waals surface area contributed by atoms with Crippen LogP contribution in [0.4, 0.5) is 5.69 Å². The van der Waals surface area contributed by atoms with Crippen LogP contribution >= 0.6 is 15.9 Å². The minimum Gasteiger partial charge on any atom is -0.381 e. The van der Waals surface area contributed by atoms with Gasteiger partial charge in [-0.2, -0.15) is 5.26 Å². The third-order valence-electron chi connectivity index (χ3n) is 2.95. The summed E-state index contributed by atoms with van der Waals surface area (Å²) in [5.41, 5.74) is 1.61. The van der Waals surface area contributed by atoms with Crippen molar-refractivity contribution in [1.29, 1.82) is 5.26 Å². The second kappa shape index (κ2) is 7.43. The first-order valence-corrected chi connectivity index (χ1v) is 7.29. The first-order valence-electron chi connectivity index (χ1n) is 6.49. The Balaban J connectivity index is 2.57. The quantitative estimate of drug-likeness (QED) is 0.807. The van der Waals surface area contributed by atoms with Gasteiger partial charge in [-0.1, -0.05) is 32.8 Å². The van der Waals surface area contributed by atoms with Gasteiger partial charge in [0.1, 0.15) is 6.07 Å². The van der Waals surface area contributed by atoms with Gasteiger partial charge >= 0.3 is 0 Å². The van der Waals surface area contributed by atoms with Crippen molar-refractivity contribution in [2.45, 2.75) is 46.1 Å². The van der Waals surface area contributed by atoms with Gasteiger partial charge in [0.25, 0.3) is 0 Å². The second-order valence-corrected chi connectivity index (χ2v) is 6.00. The Morgan fingerprint density at radius 3 is 2.61 bits per heavy atom. The van der Waals surface area contributed by atoms with E-state index in [1.54, 1.807) is 0 Å². The molecule has 0 amide bonds. The predicted octanol–water partition coefficient (Wildman–Crippen LogP) is 4.95. The summed E-state index contributed by atoms with van der Waals surface area (Å²) in [6.45, 7) is 6.67. The second-order valence-electron chi connectivity index (χ2n) is 5.14. The van der Waals surface area contributed by atoms with Crippen molar-refractivity contribution in [3.63, 3.8) is 0 Å². The van der Waals surface area contributed by atoms with Crippen molar-refractivity contribution >= 4 is 21.6 Å². The Labute approximate surface area is 119 Å². The van der Waals surface area contributed by atoms with Crippen LogP contribution in [-0.2, 0) is 0 Å². The number of nitrogens with zero attached hydrogens (tertiary/aromatic N) is 1. The molecule has 0 bridgehead atoms. The van der Waals surface area contributed by atoms with E-state index in [1.807, 2.05) is 18.2 Å². The molecule has 0 radical (unpaired) electrons. The van der Waals surface area contributed by atoms with Crippen molar-refractivity contribution < 1.29 is 0 Å². The summed E-state index contributed by atoms with van der Waals surface area (Å²) < 4.78 is 0.851. The van der Waals surface area contributed by atoms with Gasteiger partial charge in [0.2, 0.25) is 0 Å². The molecule has 98 valence electrons. The Bertz CT molecular complexity index is 421. The third kappa shape index (κ3) is 4.70. The summed E-state index contributed by atoms with van der Waals surface area (Å²) in [5, 5.41) is 12.6. The van der Waals surface area contributed by atoms with Crippen LogP contribution in [0, 0.1) is 17.2 Å². The summed E-state index contributed by atoms with van der Waals surface area (Å²) in [6, 6.07) is 8.44. The summed E-state index contributed by atoms with van der Waals surface area (Å²) >= 11 is 3.41. The fourth-order valence-electron chi connectivity index (χ4n) is 1.93. The fourth-order valence-corrected chi connectivity index (χ4v) is 2.38. The highest BCUT2D eigenvalue weighted by Gasteiger charge is 2.09. The lowest BCUT2D eigenvalue weighted by atomic mass is 10.0. The highest BCUT2D eigenvalue weighted by Crippen LogP contribution is 2.25. The van der Waals surface area contributed by atoms with E-state index in [2.05, 4.69) is 48.1 Å². The molecule has 0 saturated heterocycles. The van der Waals surface area contributed by atoms with Crippen LogP contribution in [0.2, 0.25) is 0 Å². The van der Waals surface area contributed by atoms with Crippen LogP contribution in [0.5, 0.6) is 0 Å². The van der Waals surface area contributed by atoms with Crippen LogP contribution in [0.3, 0.4) is 0 Å². The molecule has 2 nitrogen and oxygen atoms in total. The first kappa shape index (κ1) is 15.0. The molecule has 1 aromatic rings. The zero-order chi connectivity index (χ0) is 13.5. The minimum atomic E-state index is 0.394. The lowest BCUT2D eigenvalue weighted by Crippen LogP contribution is -2.16. The van der Waals surface area contributed by atoms with E-state index >= 15 is 0 Å². The molecule has 3 heteroatoms. The summed E-state index contributed by atoms with van der Waals surface area (Å²) in [4.78, 5) is 0. The van der Waals surface area contributed by atoms with E-state index in [0.29, 0.717) is 11.6 Å². The van der Waals surface area contributed by atoms with Gasteiger partial charge in [0.15, 0.2) is 0 Å². The maximum absolute atomic E-state index is 9.14. The number of hydrogen-bond acceptors (Lipinski definition) is 2. The Morgan fingerprint density at radius 2 is 2.00 bits per heavy atom. The Hall–Kier alpha value is -1.01. The molecule has 1 aromatic carbocycles. The molecule has 0 aliphatic rings. The van der Waals surface area contributed by atoms with E-state index in [4.69, 9.17) is 5.26 Å². The molecule has 1 N–H and O–H groups in total. The predicted molar refractivity (Wildman–Crippen MR) is 80.6 cm³/mol. The number of nitriles is 1. The van der Waals surface area contributed by atoms with E-state index in [9.17, 15) is 0 Å². The van der Waals surface area contributed by atoms with Gasteiger partial charge in [-0.05, 0) is 47.3 Å². The maximum Gasteiger partial charge on any atom is 0.103 e. The average molecular weight is 309 g/mol. The van der Waals surface area contributed by atoms with Crippen LogP contribution in [-0.4, -0.2) is 6.04 Å². The van der Waals surface area contributed by atoms with Gasteiger partial charge in [-0.3, -0.25) is 0 Å². The topological polar surface area (TPSA) is 35.8 Å². The molecule has 18 heavy (non-hydrogen) atoms. The highest BCUT2D eigenvalue weighted by atomic mass is 79.9. The van der Waals surface area contributed by atoms with Crippen LogP contribution < -0.4 is 5.32 Å². The van der Waals surface area contributed by atoms with Crippen LogP contribution in [0.15, 0.2) is 22.7 Å². The number of rotatable bonds is 6. The third-order valence-corrected chi connectivity index (χ3v) is 3.61. The van der Waals surface area contributed by atoms with Gasteiger partial charge in [-0.25, -0.2) is 0 Å². The largest absolute Gasteiger partial charge is 0.381 e. The zero-order valence-electron chi connectivity index (χ0n) is 11.3.